The molecule has 2 aromatic carbocycles. The minimum absolute atomic E-state index is 0.218. The molecule has 0 fully saturated rings. The first-order chi connectivity index (χ1) is 11.9. The van der Waals surface area contributed by atoms with Crippen molar-refractivity contribution < 1.29 is 9.18 Å². The first-order valence-electron chi connectivity index (χ1n) is 8.06. The topological polar surface area (TPSA) is 46.9 Å². The second-order valence-electron chi connectivity index (χ2n) is 6.23. The maximum Gasteiger partial charge on any atom is 0.252 e. The van der Waals surface area contributed by atoms with Gasteiger partial charge in [-0.05, 0) is 43.7 Å². The fourth-order valence-corrected chi connectivity index (χ4v) is 2.96. The lowest BCUT2D eigenvalue weighted by atomic mass is 10.0. The summed E-state index contributed by atoms with van der Waals surface area (Å²) in [6.07, 6.45) is 3.45. The van der Waals surface area contributed by atoms with Crippen LogP contribution in [-0.4, -0.2) is 15.5 Å². The van der Waals surface area contributed by atoms with E-state index in [1.807, 2.05) is 43.7 Å². The molecule has 3 aromatic rings. The highest BCUT2D eigenvalue weighted by atomic mass is 19.1. The monoisotopic (exact) mass is 337 g/mol. The average Bonchev–Trinajstić information content (AvgIpc) is 2.97. The highest BCUT2D eigenvalue weighted by Gasteiger charge is 2.22. The van der Waals surface area contributed by atoms with E-state index in [4.69, 9.17) is 0 Å². The fourth-order valence-electron chi connectivity index (χ4n) is 2.96. The van der Waals surface area contributed by atoms with Gasteiger partial charge in [0.2, 0.25) is 0 Å². The molecule has 128 valence electrons. The van der Waals surface area contributed by atoms with Crippen LogP contribution in [0.15, 0.2) is 54.9 Å². The van der Waals surface area contributed by atoms with Crippen LogP contribution in [0.4, 0.5) is 4.39 Å². The molecule has 0 spiro atoms. The number of imidazole rings is 1. The molecule has 1 heterocycles. The van der Waals surface area contributed by atoms with Gasteiger partial charge in [-0.25, -0.2) is 9.37 Å². The Hall–Kier alpha value is -2.95. The predicted octanol–water partition coefficient (Wildman–Crippen LogP) is 3.70. The van der Waals surface area contributed by atoms with Crippen LogP contribution in [0.25, 0.3) is 0 Å². The SMILES string of the molecule is Cc1cc(C)cc(C(=O)N[C@H](c2cccc(F)c2)c2nccn2C)c1. The van der Waals surface area contributed by atoms with Gasteiger partial charge >= 0.3 is 0 Å². The minimum atomic E-state index is -0.538. The lowest BCUT2D eigenvalue weighted by molar-refractivity contribution is 0.0941. The Bertz CT molecular complexity index is 897. The van der Waals surface area contributed by atoms with E-state index in [0.29, 0.717) is 17.0 Å². The van der Waals surface area contributed by atoms with Crippen molar-refractivity contribution in [3.05, 3.63) is 88.8 Å². The molecule has 0 aliphatic carbocycles. The zero-order chi connectivity index (χ0) is 18.0. The van der Waals surface area contributed by atoms with E-state index in [2.05, 4.69) is 10.3 Å². The van der Waals surface area contributed by atoms with E-state index in [0.717, 1.165) is 11.1 Å². The molecule has 0 unspecified atom stereocenters. The zero-order valence-electron chi connectivity index (χ0n) is 14.5. The Morgan fingerprint density at radius 1 is 1.16 bits per heavy atom. The normalized spacial score (nSPS) is 12.0. The lowest BCUT2D eigenvalue weighted by Crippen LogP contribution is -2.31. The molecule has 0 saturated heterocycles. The second-order valence-corrected chi connectivity index (χ2v) is 6.23. The highest BCUT2D eigenvalue weighted by molar-refractivity contribution is 5.95. The summed E-state index contributed by atoms with van der Waals surface area (Å²) in [4.78, 5) is 17.1. The largest absolute Gasteiger partial charge is 0.338 e. The molecule has 0 aliphatic rings. The number of carbonyl (C=O) groups is 1. The van der Waals surface area contributed by atoms with Crippen molar-refractivity contribution in [2.45, 2.75) is 19.9 Å². The number of hydrogen-bond acceptors (Lipinski definition) is 2. The van der Waals surface area contributed by atoms with Gasteiger partial charge in [-0.3, -0.25) is 4.79 Å². The first-order valence-corrected chi connectivity index (χ1v) is 8.06. The molecule has 0 bridgehead atoms. The van der Waals surface area contributed by atoms with Gasteiger partial charge in [-0.2, -0.15) is 0 Å². The molecule has 4 nitrogen and oxygen atoms in total. The standard InChI is InChI=1S/C20H20FN3O/c1-13-9-14(2)11-16(10-13)20(25)23-18(19-22-7-8-24(19)3)15-5-4-6-17(21)12-15/h4-12,18H,1-3H3,(H,23,25)/t18-/m1/s1. The number of aryl methyl sites for hydroxylation is 3. The highest BCUT2D eigenvalue weighted by Crippen LogP contribution is 2.22. The Kier molecular flexibility index (Phi) is 4.65. The molecule has 3 rings (SSSR count). The van der Waals surface area contributed by atoms with Crippen LogP contribution in [-0.2, 0) is 7.05 Å². The van der Waals surface area contributed by atoms with Gasteiger partial charge in [0.1, 0.15) is 17.7 Å². The molecule has 0 aliphatic heterocycles. The van der Waals surface area contributed by atoms with E-state index in [1.165, 1.54) is 12.1 Å². The Balaban J connectivity index is 1.98. The second kappa shape index (κ2) is 6.89. The molecule has 0 saturated carbocycles. The smallest absolute Gasteiger partial charge is 0.252 e. The van der Waals surface area contributed by atoms with Gasteiger partial charge in [0.15, 0.2) is 0 Å². The summed E-state index contributed by atoms with van der Waals surface area (Å²) >= 11 is 0. The molecule has 1 amide bonds. The summed E-state index contributed by atoms with van der Waals surface area (Å²) < 4.78 is 15.5. The average molecular weight is 337 g/mol. The first kappa shape index (κ1) is 16.9. The molecule has 0 radical (unpaired) electrons. The van der Waals surface area contributed by atoms with E-state index in [-0.39, 0.29) is 11.7 Å². The molecule has 5 heteroatoms. The summed E-state index contributed by atoms with van der Waals surface area (Å²) in [7, 11) is 1.84. The summed E-state index contributed by atoms with van der Waals surface area (Å²) in [6, 6.07) is 11.4. The van der Waals surface area contributed by atoms with Gasteiger partial charge in [0.05, 0.1) is 0 Å². The van der Waals surface area contributed by atoms with Crippen molar-refractivity contribution in [1.82, 2.24) is 14.9 Å². The third-order valence-corrected chi connectivity index (χ3v) is 4.06. The van der Waals surface area contributed by atoms with Gasteiger partial charge in [-0.1, -0.05) is 29.3 Å². The number of nitrogens with zero attached hydrogens (tertiary/aromatic N) is 2. The van der Waals surface area contributed by atoms with Crippen LogP contribution >= 0.6 is 0 Å². The van der Waals surface area contributed by atoms with Crippen LogP contribution in [0.5, 0.6) is 0 Å². The van der Waals surface area contributed by atoms with Crippen LogP contribution in [0.3, 0.4) is 0 Å². The van der Waals surface area contributed by atoms with Gasteiger partial charge in [0.25, 0.3) is 5.91 Å². The van der Waals surface area contributed by atoms with Gasteiger partial charge < -0.3 is 9.88 Å². The molecular formula is C20H20FN3O. The third kappa shape index (κ3) is 3.76. The number of carbonyl (C=O) groups excluding carboxylic acids is 1. The maximum atomic E-state index is 13.7. The molecular weight excluding hydrogens is 317 g/mol. The third-order valence-electron chi connectivity index (χ3n) is 4.06. The quantitative estimate of drug-likeness (QED) is 0.789. The number of hydrogen-bond donors (Lipinski definition) is 1. The van der Waals surface area contributed by atoms with Crippen molar-refractivity contribution in [2.75, 3.05) is 0 Å². The van der Waals surface area contributed by atoms with Crippen molar-refractivity contribution in [1.29, 1.82) is 0 Å². The van der Waals surface area contributed by atoms with E-state index < -0.39 is 6.04 Å². The van der Waals surface area contributed by atoms with Gasteiger partial charge in [-0.15, -0.1) is 0 Å². The van der Waals surface area contributed by atoms with E-state index in [9.17, 15) is 9.18 Å². The van der Waals surface area contributed by atoms with E-state index >= 15 is 0 Å². The minimum Gasteiger partial charge on any atom is -0.338 e. The molecule has 1 atom stereocenters. The van der Waals surface area contributed by atoms with Crippen molar-refractivity contribution in [2.24, 2.45) is 7.05 Å². The zero-order valence-corrected chi connectivity index (χ0v) is 14.5. The van der Waals surface area contributed by atoms with Crippen molar-refractivity contribution in [3.63, 3.8) is 0 Å². The fraction of sp³-hybridized carbons (Fsp3) is 0.200. The Labute approximate surface area is 146 Å². The number of amides is 1. The number of halogens is 1. The van der Waals surface area contributed by atoms with Crippen molar-refractivity contribution in [3.8, 4) is 0 Å². The van der Waals surface area contributed by atoms with Crippen LogP contribution in [0, 0.1) is 19.7 Å². The maximum absolute atomic E-state index is 13.7. The van der Waals surface area contributed by atoms with Crippen LogP contribution < -0.4 is 5.32 Å². The Morgan fingerprint density at radius 3 is 2.48 bits per heavy atom. The predicted molar refractivity (Wildman–Crippen MR) is 94.8 cm³/mol. The number of benzene rings is 2. The molecule has 1 aromatic heterocycles. The summed E-state index contributed by atoms with van der Waals surface area (Å²) in [6.45, 7) is 3.90. The number of aromatic nitrogens is 2. The van der Waals surface area contributed by atoms with Crippen molar-refractivity contribution >= 4 is 5.91 Å². The molecule has 25 heavy (non-hydrogen) atoms. The summed E-state index contributed by atoms with van der Waals surface area (Å²) in [5, 5.41) is 2.99. The number of nitrogens with one attached hydrogen (secondary N) is 1. The number of rotatable bonds is 4. The van der Waals surface area contributed by atoms with Crippen LogP contribution in [0.1, 0.15) is 38.9 Å². The molecule has 1 N–H and O–H groups in total. The van der Waals surface area contributed by atoms with E-state index in [1.54, 1.807) is 24.5 Å². The summed E-state index contributed by atoms with van der Waals surface area (Å²) in [5.41, 5.74) is 3.26. The van der Waals surface area contributed by atoms with Crippen LogP contribution in [0.2, 0.25) is 0 Å². The van der Waals surface area contributed by atoms with Gasteiger partial charge in [0, 0.05) is 25.0 Å². The Morgan fingerprint density at radius 2 is 1.88 bits per heavy atom. The lowest BCUT2D eigenvalue weighted by Gasteiger charge is -2.19. The summed E-state index contributed by atoms with van der Waals surface area (Å²) in [5.74, 6) is 0.0738.